The average molecular weight is 373 g/mol. The number of carbonyl (C=O) groups excluding carboxylic acids is 1. The minimum atomic E-state index is -0.297. The first-order chi connectivity index (χ1) is 13.1. The molecular formula is C21H25F2N3O. The summed E-state index contributed by atoms with van der Waals surface area (Å²) in [6, 6.07) is 12.9. The molecule has 0 radical (unpaired) electrons. The maximum absolute atomic E-state index is 13.9. The number of rotatable bonds is 7. The van der Waals surface area contributed by atoms with Gasteiger partial charge in [-0.05, 0) is 42.8 Å². The Labute approximate surface area is 158 Å². The van der Waals surface area contributed by atoms with Gasteiger partial charge < -0.3 is 10.2 Å². The molecule has 0 aromatic heterocycles. The van der Waals surface area contributed by atoms with E-state index in [1.807, 2.05) is 12.1 Å². The number of anilines is 1. The number of nitrogens with zero attached hydrogens (tertiary/aromatic N) is 2. The first kappa shape index (κ1) is 19.3. The first-order valence-electron chi connectivity index (χ1n) is 9.35. The lowest BCUT2D eigenvalue weighted by molar-refractivity contribution is -0.120. The molecule has 2 aromatic carbocycles. The molecule has 0 bridgehead atoms. The molecule has 3 rings (SSSR count). The number of piperazine rings is 1. The van der Waals surface area contributed by atoms with Crippen LogP contribution < -0.4 is 10.2 Å². The van der Waals surface area contributed by atoms with Gasteiger partial charge in [-0.1, -0.05) is 24.3 Å². The smallest absolute Gasteiger partial charge is 0.224 e. The number of carbonyl (C=O) groups is 1. The fraction of sp³-hybridized carbons (Fsp3) is 0.381. The highest BCUT2D eigenvalue weighted by Gasteiger charge is 2.18. The predicted molar refractivity (Wildman–Crippen MR) is 103 cm³/mol. The summed E-state index contributed by atoms with van der Waals surface area (Å²) in [7, 11) is 0. The lowest BCUT2D eigenvalue weighted by atomic mass is 10.1. The molecule has 1 saturated heterocycles. The molecular weight excluding hydrogens is 348 g/mol. The van der Waals surface area contributed by atoms with Crippen molar-refractivity contribution in [1.82, 2.24) is 10.2 Å². The van der Waals surface area contributed by atoms with Crippen molar-refractivity contribution in [3.05, 3.63) is 65.7 Å². The van der Waals surface area contributed by atoms with E-state index in [0.29, 0.717) is 12.2 Å². The molecule has 1 N–H and O–H groups in total. The first-order valence-corrected chi connectivity index (χ1v) is 9.35. The average Bonchev–Trinajstić information content (AvgIpc) is 2.68. The van der Waals surface area contributed by atoms with Crippen molar-refractivity contribution in [2.45, 2.75) is 12.8 Å². The molecule has 0 saturated carbocycles. The highest BCUT2D eigenvalue weighted by atomic mass is 19.1. The van der Waals surface area contributed by atoms with Gasteiger partial charge in [-0.2, -0.15) is 0 Å². The van der Waals surface area contributed by atoms with Gasteiger partial charge >= 0.3 is 0 Å². The maximum Gasteiger partial charge on any atom is 0.224 e. The van der Waals surface area contributed by atoms with Crippen LogP contribution in [0.15, 0.2) is 48.5 Å². The quantitative estimate of drug-likeness (QED) is 0.758. The van der Waals surface area contributed by atoms with Crippen molar-refractivity contribution in [2.24, 2.45) is 0 Å². The summed E-state index contributed by atoms with van der Waals surface area (Å²) in [5.41, 5.74) is 1.48. The molecule has 0 unspecified atom stereocenters. The van der Waals surface area contributed by atoms with E-state index < -0.39 is 0 Å². The van der Waals surface area contributed by atoms with E-state index in [0.717, 1.165) is 44.7 Å². The van der Waals surface area contributed by atoms with E-state index in [-0.39, 0.29) is 24.0 Å². The second-order valence-corrected chi connectivity index (χ2v) is 6.79. The van der Waals surface area contributed by atoms with E-state index in [9.17, 15) is 13.6 Å². The monoisotopic (exact) mass is 373 g/mol. The molecule has 1 amide bonds. The second-order valence-electron chi connectivity index (χ2n) is 6.79. The summed E-state index contributed by atoms with van der Waals surface area (Å²) in [6.45, 7) is 4.90. The van der Waals surface area contributed by atoms with Crippen molar-refractivity contribution in [3.8, 4) is 0 Å². The highest BCUT2D eigenvalue weighted by Crippen LogP contribution is 2.20. The zero-order valence-electron chi connectivity index (χ0n) is 15.3. The normalized spacial score (nSPS) is 15.0. The van der Waals surface area contributed by atoms with Gasteiger partial charge in [-0.25, -0.2) is 8.78 Å². The topological polar surface area (TPSA) is 35.6 Å². The standard InChI is InChI=1S/C21H25F2N3O/c22-18-8-6-17(7-9-18)16-21(27)24-10-3-11-25-12-14-26(15-13-25)20-5-2-1-4-19(20)23/h1-2,4-9H,3,10-16H2,(H,24,27). The summed E-state index contributed by atoms with van der Waals surface area (Å²) in [4.78, 5) is 16.3. The van der Waals surface area contributed by atoms with Crippen molar-refractivity contribution in [3.63, 3.8) is 0 Å². The Balaban J connectivity index is 1.32. The van der Waals surface area contributed by atoms with E-state index in [2.05, 4.69) is 15.1 Å². The molecule has 0 spiro atoms. The molecule has 6 heteroatoms. The Bertz CT molecular complexity index is 743. The zero-order valence-corrected chi connectivity index (χ0v) is 15.3. The van der Waals surface area contributed by atoms with Gasteiger partial charge in [0.1, 0.15) is 11.6 Å². The Hall–Kier alpha value is -2.47. The number of hydrogen-bond donors (Lipinski definition) is 1. The van der Waals surface area contributed by atoms with Gasteiger partial charge in [-0.15, -0.1) is 0 Å². The van der Waals surface area contributed by atoms with Crippen molar-refractivity contribution in [1.29, 1.82) is 0 Å². The fourth-order valence-corrected chi connectivity index (χ4v) is 3.30. The second kappa shape index (κ2) is 9.46. The molecule has 1 heterocycles. The minimum Gasteiger partial charge on any atom is -0.367 e. The van der Waals surface area contributed by atoms with Crippen LogP contribution in [0, 0.1) is 11.6 Å². The highest BCUT2D eigenvalue weighted by molar-refractivity contribution is 5.78. The number of amides is 1. The predicted octanol–water partition coefficient (Wildman–Crippen LogP) is 2.84. The summed E-state index contributed by atoms with van der Waals surface area (Å²) < 4.78 is 26.7. The number of nitrogens with one attached hydrogen (secondary N) is 1. The van der Waals surface area contributed by atoms with Gasteiger partial charge in [-0.3, -0.25) is 9.69 Å². The van der Waals surface area contributed by atoms with E-state index in [1.165, 1.54) is 18.2 Å². The Morgan fingerprint density at radius 3 is 2.37 bits per heavy atom. The molecule has 1 fully saturated rings. The van der Waals surface area contributed by atoms with Crippen LogP contribution in [0.3, 0.4) is 0 Å². The summed E-state index contributed by atoms with van der Waals surface area (Å²) in [5, 5.41) is 2.91. The lowest BCUT2D eigenvalue weighted by Crippen LogP contribution is -2.47. The fourth-order valence-electron chi connectivity index (χ4n) is 3.30. The largest absolute Gasteiger partial charge is 0.367 e. The lowest BCUT2D eigenvalue weighted by Gasteiger charge is -2.36. The molecule has 144 valence electrons. The molecule has 27 heavy (non-hydrogen) atoms. The molecule has 0 aliphatic carbocycles. The van der Waals surface area contributed by atoms with E-state index in [4.69, 9.17) is 0 Å². The van der Waals surface area contributed by atoms with Crippen LogP contribution in [0.2, 0.25) is 0 Å². The maximum atomic E-state index is 13.9. The SMILES string of the molecule is O=C(Cc1ccc(F)cc1)NCCCN1CCN(c2ccccc2F)CC1. The zero-order chi connectivity index (χ0) is 19.1. The molecule has 4 nitrogen and oxygen atoms in total. The number of para-hydroxylation sites is 1. The Kier molecular flexibility index (Phi) is 6.76. The Morgan fingerprint density at radius 1 is 0.963 bits per heavy atom. The third-order valence-corrected chi connectivity index (χ3v) is 4.82. The van der Waals surface area contributed by atoms with Crippen LogP contribution in [0.1, 0.15) is 12.0 Å². The van der Waals surface area contributed by atoms with E-state index >= 15 is 0 Å². The van der Waals surface area contributed by atoms with Crippen molar-refractivity contribution in [2.75, 3.05) is 44.2 Å². The van der Waals surface area contributed by atoms with Crippen molar-refractivity contribution >= 4 is 11.6 Å². The molecule has 1 aliphatic heterocycles. The van der Waals surface area contributed by atoms with Crippen LogP contribution >= 0.6 is 0 Å². The Morgan fingerprint density at radius 2 is 1.67 bits per heavy atom. The summed E-state index contributed by atoms with van der Waals surface area (Å²) >= 11 is 0. The third kappa shape index (κ3) is 5.76. The molecule has 2 aromatic rings. The van der Waals surface area contributed by atoms with Crippen molar-refractivity contribution < 1.29 is 13.6 Å². The third-order valence-electron chi connectivity index (χ3n) is 4.82. The van der Waals surface area contributed by atoms with Gasteiger partial charge in [0.25, 0.3) is 0 Å². The summed E-state index contributed by atoms with van der Waals surface area (Å²) in [5.74, 6) is -0.518. The van der Waals surface area contributed by atoms with Crippen LogP contribution in [-0.4, -0.2) is 50.1 Å². The van der Waals surface area contributed by atoms with Gasteiger partial charge in [0.2, 0.25) is 5.91 Å². The number of halogens is 2. The minimum absolute atomic E-state index is 0.0500. The van der Waals surface area contributed by atoms with Crippen LogP contribution in [-0.2, 0) is 11.2 Å². The molecule has 0 atom stereocenters. The number of benzene rings is 2. The van der Waals surface area contributed by atoms with Gasteiger partial charge in [0.05, 0.1) is 12.1 Å². The van der Waals surface area contributed by atoms with Crippen LogP contribution in [0.25, 0.3) is 0 Å². The van der Waals surface area contributed by atoms with Crippen LogP contribution in [0.5, 0.6) is 0 Å². The summed E-state index contributed by atoms with van der Waals surface area (Å²) in [6.07, 6.45) is 1.14. The molecule has 1 aliphatic rings. The van der Waals surface area contributed by atoms with E-state index in [1.54, 1.807) is 18.2 Å². The van der Waals surface area contributed by atoms with Gasteiger partial charge in [0, 0.05) is 32.7 Å². The van der Waals surface area contributed by atoms with Gasteiger partial charge in [0.15, 0.2) is 0 Å². The number of hydrogen-bond acceptors (Lipinski definition) is 3. The van der Waals surface area contributed by atoms with Crippen LogP contribution in [0.4, 0.5) is 14.5 Å².